The first-order valence-corrected chi connectivity index (χ1v) is 9.63. The van der Waals surface area contributed by atoms with E-state index in [0.29, 0.717) is 18.1 Å². The Morgan fingerprint density at radius 1 is 1.20 bits per heavy atom. The number of unbranched alkanes of at least 4 members (excludes halogenated alkanes) is 2. The van der Waals surface area contributed by atoms with Gasteiger partial charge < -0.3 is 9.64 Å². The lowest BCUT2D eigenvalue weighted by molar-refractivity contribution is 0.0296. The van der Waals surface area contributed by atoms with Gasteiger partial charge in [0.1, 0.15) is 5.60 Å². The summed E-state index contributed by atoms with van der Waals surface area (Å²) >= 11 is -1.46. The highest BCUT2D eigenvalue weighted by Gasteiger charge is 2.19. The van der Waals surface area contributed by atoms with Crippen molar-refractivity contribution >= 4 is 17.2 Å². The van der Waals surface area contributed by atoms with Crippen LogP contribution in [0.15, 0.2) is 35.3 Å². The summed E-state index contributed by atoms with van der Waals surface area (Å²) in [7, 11) is 1.73. The fourth-order valence-corrected chi connectivity index (χ4v) is 2.51. The van der Waals surface area contributed by atoms with Crippen LogP contribution in [0.25, 0.3) is 0 Å². The van der Waals surface area contributed by atoms with Gasteiger partial charge in [-0.25, -0.2) is 9.00 Å². The van der Waals surface area contributed by atoms with Gasteiger partial charge in [0.2, 0.25) is 0 Å². The number of rotatable bonds is 10. The Labute approximate surface area is 155 Å². The van der Waals surface area contributed by atoms with E-state index in [4.69, 9.17) is 8.92 Å². The largest absolute Gasteiger partial charge is 0.444 e. The lowest BCUT2D eigenvalue weighted by atomic mass is 10.2. The number of ether oxygens (including phenoxy) is 1. The van der Waals surface area contributed by atoms with Crippen LogP contribution in [0.3, 0.4) is 0 Å². The standard InChI is InChI=1S/C19H33NO4S/c1-8-17(13-12-16(2)3)25(22)23-15-11-9-10-14-20(7)18(21)24-19(4,5)6/h8,12-13H,2,9-11,14-15H2,1,3-7H3/b13-12-,17-8+. The van der Waals surface area contributed by atoms with Gasteiger partial charge in [0.25, 0.3) is 0 Å². The molecule has 0 aliphatic carbocycles. The predicted octanol–water partition coefficient (Wildman–Crippen LogP) is 4.74. The van der Waals surface area contributed by atoms with Gasteiger partial charge in [-0.2, -0.15) is 0 Å². The quantitative estimate of drug-likeness (QED) is 0.411. The normalized spacial score (nSPS) is 13.8. The summed E-state index contributed by atoms with van der Waals surface area (Å²) in [6, 6.07) is 0. The molecule has 0 aromatic heterocycles. The van der Waals surface area contributed by atoms with Gasteiger partial charge in [0.15, 0.2) is 11.1 Å². The van der Waals surface area contributed by atoms with E-state index in [2.05, 4.69) is 6.58 Å². The van der Waals surface area contributed by atoms with E-state index >= 15 is 0 Å². The second-order valence-electron chi connectivity index (χ2n) is 6.89. The van der Waals surface area contributed by atoms with Crippen LogP contribution in [0.1, 0.15) is 53.9 Å². The minimum atomic E-state index is -1.46. The summed E-state index contributed by atoms with van der Waals surface area (Å²) in [5.41, 5.74) is 0.414. The summed E-state index contributed by atoms with van der Waals surface area (Å²) in [6.07, 6.45) is 7.54. The second kappa shape index (κ2) is 12.0. The summed E-state index contributed by atoms with van der Waals surface area (Å²) in [5, 5.41) is 0. The van der Waals surface area contributed by atoms with E-state index < -0.39 is 16.7 Å². The first-order chi connectivity index (χ1) is 11.6. The molecule has 0 radical (unpaired) electrons. The molecule has 5 nitrogen and oxygen atoms in total. The van der Waals surface area contributed by atoms with Crippen LogP contribution in [0, 0.1) is 0 Å². The van der Waals surface area contributed by atoms with Crippen molar-refractivity contribution < 1.29 is 17.9 Å². The molecule has 1 atom stereocenters. The maximum atomic E-state index is 12.0. The molecule has 0 N–H and O–H groups in total. The average molecular weight is 372 g/mol. The number of nitrogens with zero attached hydrogens (tertiary/aromatic N) is 1. The third-order valence-corrected chi connectivity index (χ3v) is 4.18. The Morgan fingerprint density at radius 3 is 2.36 bits per heavy atom. The van der Waals surface area contributed by atoms with E-state index in [0.717, 1.165) is 24.8 Å². The number of carbonyl (C=O) groups excluding carboxylic acids is 1. The Hall–Kier alpha value is -1.40. The van der Waals surface area contributed by atoms with Gasteiger partial charge in [-0.3, -0.25) is 4.18 Å². The monoisotopic (exact) mass is 371 g/mol. The molecule has 0 bridgehead atoms. The van der Waals surface area contributed by atoms with Crippen LogP contribution in [0.2, 0.25) is 0 Å². The molecule has 0 saturated heterocycles. The van der Waals surface area contributed by atoms with Crippen molar-refractivity contribution in [2.45, 2.75) is 59.5 Å². The van der Waals surface area contributed by atoms with Crippen molar-refractivity contribution in [3.63, 3.8) is 0 Å². The highest BCUT2D eigenvalue weighted by atomic mass is 32.2. The zero-order valence-corrected chi connectivity index (χ0v) is 17.3. The number of hydrogen-bond acceptors (Lipinski definition) is 4. The van der Waals surface area contributed by atoms with Crippen LogP contribution in [-0.2, 0) is 20.0 Å². The molecule has 0 aromatic rings. The molecule has 0 saturated carbocycles. The maximum absolute atomic E-state index is 12.0. The Kier molecular flexibility index (Phi) is 11.4. The second-order valence-corrected chi connectivity index (χ2v) is 8.07. The van der Waals surface area contributed by atoms with Crippen molar-refractivity contribution in [2.24, 2.45) is 0 Å². The highest BCUT2D eigenvalue weighted by molar-refractivity contribution is 7.84. The number of hydrogen-bond donors (Lipinski definition) is 0. The molecule has 0 aliphatic rings. The summed E-state index contributed by atoms with van der Waals surface area (Å²) < 4.78 is 22.7. The van der Waals surface area contributed by atoms with Crippen molar-refractivity contribution in [3.8, 4) is 0 Å². The van der Waals surface area contributed by atoms with Crippen LogP contribution in [-0.4, -0.2) is 41.0 Å². The molecular weight excluding hydrogens is 338 g/mol. The molecular formula is C19H33NO4S. The third kappa shape index (κ3) is 12.6. The molecule has 0 spiro atoms. The van der Waals surface area contributed by atoms with E-state index in [1.807, 2.05) is 40.7 Å². The molecule has 0 aliphatic heterocycles. The fraction of sp³-hybridized carbons (Fsp3) is 0.632. The first kappa shape index (κ1) is 23.6. The van der Waals surface area contributed by atoms with Gasteiger partial charge in [0.05, 0.1) is 11.5 Å². The molecule has 6 heteroatoms. The van der Waals surface area contributed by atoms with Crippen LogP contribution < -0.4 is 0 Å². The van der Waals surface area contributed by atoms with Crippen molar-refractivity contribution in [1.82, 2.24) is 4.90 Å². The Morgan fingerprint density at radius 2 is 1.84 bits per heavy atom. The summed E-state index contributed by atoms with van der Waals surface area (Å²) in [5.74, 6) is 0. The molecule has 1 amide bonds. The summed E-state index contributed by atoms with van der Waals surface area (Å²) in [6.45, 7) is 14.1. The SMILES string of the molecule is C=C(C)/C=C\C(=C/C)S(=O)OCCCCCN(C)C(=O)OC(C)(C)C. The van der Waals surface area contributed by atoms with Crippen LogP contribution in [0.4, 0.5) is 4.79 Å². The zero-order valence-electron chi connectivity index (χ0n) is 16.5. The van der Waals surface area contributed by atoms with E-state index in [1.54, 1.807) is 24.1 Å². The van der Waals surface area contributed by atoms with Crippen LogP contribution in [0.5, 0.6) is 0 Å². The number of allylic oxidation sites excluding steroid dienone is 4. The molecule has 0 aromatic carbocycles. The minimum Gasteiger partial charge on any atom is -0.444 e. The maximum Gasteiger partial charge on any atom is 0.410 e. The minimum absolute atomic E-state index is 0.313. The van der Waals surface area contributed by atoms with E-state index in [-0.39, 0.29) is 6.09 Å². The molecule has 0 rings (SSSR count). The highest BCUT2D eigenvalue weighted by Crippen LogP contribution is 2.11. The topological polar surface area (TPSA) is 55.8 Å². The lowest BCUT2D eigenvalue weighted by Gasteiger charge is -2.24. The molecule has 25 heavy (non-hydrogen) atoms. The van der Waals surface area contributed by atoms with Gasteiger partial charge in [-0.1, -0.05) is 24.3 Å². The van der Waals surface area contributed by atoms with Crippen molar-refractivity contribution in [2.75, 3.05) is 20.2 Å². The van der Waals surface area contributed by atoms with E-state index in [9.17, 15) is 9.00 Å². The lowest BCUT2D eigenvalue weighted by Crippen LogP contribution is -2.34. The number of amides is 1. The van der Waals surface area contributed by atoms with Gasteiger partial charge in [-0.15, -0.1) is 0 Å². The van der Waals surface area contributed by atoms with Crippen molar-refractivity contribution in [1.29, 1.82) is 0 Å². The Balaban J connectivity index is 3.97. The van der Waals surface area contributed by atoms with Gasteiger partial charge >= 0.3 is 6.09 Å². The van der Waals surface area contributed by atoms with Gasteiger partial charge in [0, 0.05) is 13.6 Å². The molecule has 1 unspecified atom stereocenters. The zero-order chi connectivity index (χ0) is 19.5. The van der Waals surface area contributed by atoms with Crippen molar-refractivity contribution in [3.05, 3.63) is 35.3 Å². The molecule has 0 heterocycles. The predicted molar refractivity (Wildman–Crippen MR) is 105 cm³/mol. The molecule has 0 fully saturated rings. The van der Waals surface area contributed by atoms with Gasteiger partial charge in [-0.05, 0) is 60.0 Å². The van der Waals surface area contributed by atoms with Crippen LogP contribution >= 0.6 is 0 Å². The smallest absolute Gasteiger partial charge is 0.410 e. The van der Waals surface area contributed by atoms with E-state index in [1.165, 1.54) is 0 Å². The molecule has 144 valence electrons. The first-order valence-electron chi connectivity index (χ1n) is 8.56. The summed E-state index contributed by atoms with van der Waals surface area (Å²) in [4.78, 5) is 14.0. The Bertz CT molecular complexity index is 518. The third-order valence-electron chi connectivity index (χ3n) is 3.04. The average Bonchev–Trinajstić information content (AvgIpc) is 2.48. The number of carbonyl (C=O) groups is 1. The fourth-order valence-electron chi connectivity index (χ4n) is 1.73.